The van der Waals surface area contributed by atoms with Crippen LogP contribution in [0.25, 0.3) is 0 Å². The van der Waals surface area contributed by atoms with Gasteiger partial charge < -0.3 is 11.1 Å². The number of nitrogens with one attached hydrogen (secondary N) is 1. The molecule has 114 valence electrons. The van der Waals surface area contributed by atoms with Gasteiger partial charge in [-0.15, -0.1) is 24.0 Å². The highest BCUT2D eigenvalue weighted by Crippen LogP contribution is 2.21. The van der Waals surface area contributed by atoms with Gasteiger partial charge in [-0.25, -0.2) is 0 Å². The first kappa shape index (κ1) is 19.2. The molecule has 20 heavy (non-hydrogen) atoms. The topological polar surface area (TPSA) is 50.4 Å². The highest BCUT2D eigenvalue weighted by Gasteiger charge is 2.18. The number of unbranched alkanes of at least 4 members (excludes halogenated alkanes) is 1. The van der Waals surface area contributed by atoms with Crippen LogP contribution in [-0.4, -0.2) is 19.0 Å². The summed E-state index contributed by atoms with van der Waals surface area (Å²) in [7, 11) is 0. The van der Waals surface area contributed by atoms with Crippen molar-refractivity contribution in [2.75, 3.05) is 13.1 Å². The zero-order valence-corrected chi connectivity index (χ0v) is 15.2. The number of hydrogen-bond donors (Lipinski definition) is 2. The quantitative estimate of drug-likeness (QED) is 0.324. The third kappa shape index (κ3) is 8.40. The summed E-state index contributed by atoms with van der Waals surface area (Å²) in [4.78, 5) is 4.45. The Balaban J connectivity index is 0.00000361. The van der Waals surface area contributed by atoms with Crippen LogP contribution in [0.15, 0.2) is 35.3 Å². The number of rotatable bonds is 7. The molecular weight excluding hydrogens is 361 g/mol. The predicted octanol–water partition coefficient (Wildman–Crippen LogP) is 3.58. The average Bonchev–Trinajstić information content (AvgIpc) is 2.38. The van der Waals surface area contributed by atoms with E-state index in [1.165, 1.54) is 12.0 Å². The molecule has 0 heterocycles. The fourth-order valence-corrected chi connectivity index (χ4v) is 1.95. The van der Waals surface area contributed by atoms with Gasteiger partial charge in [0.15, 0.2) is 5.96 Å². The van der Waals surface area contributed by atoms with Crippen LogP contribution in [0.2, 0.25) is 0 Å². The molecular formula is C16H28IN3. The maximum Gasteiger partial charge on any atom is 0.188 e. The van der Waals surface area contributed by atoms with Gasteiger partial charge in [-0.05, 0) is 23.8 Å². The van der Waals surface area contributed by atoms with Crippen LogP contribution in [0.1, 0.15) is 39.2 Å². The molecule has 0 radical (unpaired) electrons. The second kappa shape index (κ2) is 10.0. The molecule has 0 bridgehead atoms. The number of guanidine groups is 1. The molecule has 1 aromatic rings. The molecule has 3 N–H and O–H groups in total. The Morgan fingerprint density at radius 2 is 1.90 bits per heavy atom. The molecule has 3 nitrogen and oxygen atoms in total. The molecule has 0 aliphatic rings. The summed E-state index contributed by atoms with van der Waals surface area (Å²) in [6.07, 6.45) is 3.31. The molecule has 0 aliphatic heterocycles. The van der Waals surface area contributed by atoms with Crippen molar-refractivity contribution in [3.8, 4) is 0 Å². The summed E-state index contributed by atoms with van der Waals surface area (Å²) in [5.74, 6) is 0.564. The third-order valence-corrected chi connectivity index (χ3v) is 3.04. The fourth-order valence-electron chi connectivity index (χ4n) is 1.95. The van der Waals surface area contributed by atoms with Gasteiger partial charge in [0, 0.05) is 13.1 Å². The van der Waals surface area contributed by atoms with E-state index in [9.17, 15) is 0 Å². The van der Waals surface area contributed by atoms with Gasteiger partial charge in [-0.2, -0.15) is 0 Å². The third-order valence-electron chi connectivity index (χ3n) is 3.04. The van der Waals surface area contributed by atoms with E-state index in [-0.39, 0.29) is 29.4 Å². The minimum absolute atomic E-state index is 0. The maximum absolute atomic E-state index is 5.85. The van der Waals surface area contributed by atoms with E-state index in [1.807, 2.05) is 6.07 Å². The summed E-state index contributed by atoms with van der Waals surface area (Å²) in [5.41, 5.74) is 7.32. The Morgan fingerprint density at radius 3 is 2.50 bits per heavy atom. The summed E-state index contributed by atoms with van der Waals surface area (Å²) in [6.45, 7) is 8.27. The molecule has 0 fully saturated rings. The van der Waals surface area contributed by atoms with Crippen molar-refractivity contribution in [2.45, 2.75) is 40.0 Å². The second-order valence-electron chi connectivity index (χ2n) is 5.81. The van der Waals surface area contributed by atoms with Crippen molar-refractivity contribution in [1.82, 2.24) is 5.32 Å². The summed E-state index contributed by atoms with van der Waals surface area (Å²) < 4.78 is 0. The van der Waals surface area contributed by atoms with Crippen molar-refractivity contribution in [1.29, 1.82) is 0 Å². The number of nitrogens with zero attached hydrogens (tertiary/aromatic N) is 1. The summed E-state index contributed by atoms with van der Waals surface area (Å²) in [6, 6.07) is 10.5. The second-order valence-corrected chi connectivity index (χ2v) is 5.81. The predicted molar refractivity (Wildman–Crippen MR) is 98.7 cm³/mol. The average molecular weight is 389 g/mol. The molecule has 0 saturated heterocycles. The molecule has 0 spiro atoms. The van der Waals surface area contributed by atoms with Gasteiger partial charge in [-0.3, -0.25) is 4.99 Å². The molecule has 1 rings (SSSR count). The van der Waals surface area contributed by atoms with Gasteiger partial charge in [0.1, 0.15) is 0 Å². The van der Waals surface area contributed by atoms with Gasteiger partial charge >= 0.3 is 0 Å². The first-order chi connectivity index (χ1) is 9.03. The van der Waals surface area contributed by atoms with Crippen LogP contribution in [0.5, 0.6) is 0 Å². The van der Waals surface area contributed by atoms with Gasteiger partial charge in [-0.1, -0.05) is 57.5 Å². The van der Waals surface area contributed by atoms with Crippen molar-refractivity contribution >= 4 is 29.9 Å². The smallest absolute Gasteiger partial charge is 0.188 e. The lowest BCUT2D eigenvalue weighted by atomic mass is 9.86. The Bertz CT molecular complexity index is 388. The van der Waals surface area contributed by atoms with Gasteiger partial charge in [0.2, 0.25) is 0 Å². The number of benzene rings is 1. The Morgan fingerprint density at radius 1 is 1.25 bits per heavy atom. The molecule has 0 unspecified atom stereocenters. The SMILES string of the molecule is CCCCNC(N)=NCC(C)(C)Cc1ccccc1.I. The Kier molecular flexibility index (Phi) is 9.63. The highest BCUT2D eigenvalue weighted by atomic mass is 127. The van der Waals surface area contributed by atoms with Crippen molar-refractivity contribution < 1.29 is 0 Å². The molecule has 1 aromatic carbocycles. The fraction of sp³-hybridized carbons (Fsp3) is 0.562. The van der Waals surface area contributed by atoms with E-state index in [2.05, 4.69) is 55.3 Å². The molecule has 0 aromatic heterocycles. The first-order valence-electron chi connectivity index (χ1n) is 7.11. The van der Waals surface area contributed by atoms with Crippen molar-refractivity contribution in [3.05, 3.63) is 35.9 Å². The number of hydrogen-bond acceptors (Lipinski definition) is 1. The lowest BCUT2D eigenvalue weighted by Gasteiger charge is -2.22. The first-order valence-corrected chi connectivity index (χ1v) is 7.11. The van der Waals surface area contributed by atoms with Gasteiger partial charge in [0.05, 0.1) is 0 Å². The highest BCUT2D eigenvalue weighted by molar-refractivity contribution is 14.0. The van der Waals surface area contributed by atoms with Crippen molar-refractivity contribution in [3.63, 3.8) is 0 Å². The zero-order valence-electron chi connectivity index (χ0n) is 12.9. The summed E-state index contributed by atoms with van der Waals surface area (Å²) in [5, 5.41) is 3.15. The largest absolute Gasteiger partial charge is 0.370 e. The van der Waals surface area contributed by atoms with Crippen LogP contribution in [0, 0.1) is 5.41 Å². The Hall–Kier alpha value is -0.780. The number of halogens is 1. The normalized spacial score (nSPS) is 11.8. The van der Waals surface area contributed by atoms with E-state index >= 15 is 0 Å². The minimum atomic E-state index is 0. The molecule has 0 atom stereocenters. The minimum Gasteiger partial charge on any atom is -0.370 e. The van der Waals surface area contributed by atoms with E-state index in [0.29, 0.717) is 5.96 Å². The Labute approximate surface area is 140 Å². The van der Waals surface area contributed by atoms with E-state index in [4.69, 9.17) is 5.73 Å². The zero-order chi connectivity index (χ0) is 14.1. The van der Waals surface area contributed by atoms with Crippen LogP contribution in [0.4, 0.5) is 0 Å². The number of nitrogens with two attached hydrogens (primary N) is 1. The summed E-state index contributed by atoms with van der Waals surface area (Å²) >= 11 is 0. The lowest BCUT2D eigenvalue weighted by Crippen LogP contribution is -2.34. The number of aliphatic imine (C=N–C) groups is 1. The van der Waals surface area contributed by atoms with Crippen molar-refractivity contribution in [2.24, 2.45) is 16.1 Å². The molecule has 4 heteroatoms. The van der Waals surface area contributed by atoms with Crippen LogP contribution in [-0.2, 0) is 6.42 Å². The van der Waals surface area contributed by atoms with E-state index < -0.39 is 0 Å². The van der Waals surface area contributed by atoms with Crippen LogP contribution >= 0.6 is 24.0 Å². The lowest BCUT2D eigenvalue weighted by molar-refractivity contribution is 0.377. The standard InChI is InChI=1S/C16H27N3.HI/c1-4-5-11-18-15(17)19-13-16(2,3)12-14-9-7-6-8-10-14;/h6-10H,4-5,11-13H2,1-3H3,(H3,17,18,19);1H. The van der Waals surface area contributed by atoms with Crippen LogP contribution < -0.4 is 11.1 Å². The van der Waals surface area contributed by atoms with E-state index in [0.717, 1.165) is 25.9 Å². The maximum atomic E-state index is 5.85. The van der Waals surface area contributed by atoms with E-state index in [1.54, 1.807) is 0 Å². The molecule has 0 aliphatic carbocycles. The molecule has 0 amide bonds. The van der Waals surface area contributed by atoms with Gasteiger partial charge in [0.25, 0.3) is 0 Å². The monoisotopic (exact) mass is 389 g/mol. The van der Waals surface area contributed by atoms with Crippen LogP contribution in [0.3, 0.4) is 0 Å². The molecule has 0 saturated carbocycles.